The van der Waals surface area contributed by atoms with Gasteiger partial charge in [-0.1, -0.05) is 37.1 Å². The number of thiophene rings is 1. The molecule has 7 nitrogen and oxygen atoms in total. The summed E-state index contributed by atoms with van der Waals surface area (Å²) in [5, 5.41) is 24.8. The number of carboxylic acids is 1. The molecular weight excluding hydrogens is 460 g/mol. The van der Waals surface area contributed by atoms with Crippen molar-refractivity contribution in [3.63, 3.8) is 0 Å². The molecule has 4 rings (SSSR count). The van der Waals surface area contributed by atoms with Gasteiger partial charge in [-0.15, -0.1) is 11.3 Å². The third-order valence-electron chi connectivity index (χ3n) is 6.15. The van der Waals surface area contributed by atoms with Crippen molar-refractivity contribution < 1.29 is 15.0 Å². The van der Waals surface area contributed by atoms with Gasteiger partial charge in [0.25, 0.3) is 0 Å². The number of pyridine rings is 1. The van der Waals surface area contributed by atoms with E-state index in [-0.39, 0.29) is 4.88 Å². The van der Waals surface area contributed by atoms with E-state index < -0.39 is 12.1 Å². The van der Waals surface area contributed by atoms with Crippen LogP contribution in [0.5, 0.6) is 0 Å². The van der Waals surface area contributed by atoms with Gasteiger partial charge < -0.3 is 26.2 Å². The first-order valence-corrected chi connectivity index (χ1v) is 12.4. The highest BCUT2D eigenvalue weighted by Gasteiger charge is 2.24. The van der Waals surface area contributed by atoms with E-state index in [2.05, 4.69) is 23.2 Å². The molecule has 3 aromatic rings. The van der Waals surface area contributed by atoms with E-state index >= 15 is 0 Å². The van der Waals surface area contributed by atoms with Gasteiger partial charge in [-0.05, 0) is 48.6 Å². The maximum atomic E-state index is 11.6. The predicted octanol–water partition coefficient (Wildman–Crippen LogP) is 4.47. The number of carboxylic acid groups (broad SMARTS) is 1. The van der Waals surface area contributed by atoms with Gasteiger partial charge in [0.15, 0.2) is 0 Å². The Labute approximate surface area is 202 Å². The molecule has 0 saturated carbocycles. The van der Waals surface area contributed by atoms with Crippen molar-refractivity contribution in [1.82, 2.24) is 10.3 Å². The summed E-state index contributed by atoms with van der Waals surface area (Å²) in [4.78, 5) is 19.4. The third-order valence-corrected chi connectivity index (χ3v) is 7.49. The van der Waals surface area contributed by atoms with Crippen molar-refractivity contribution in [2.24, 2.45) is 0 Å². The average Bonchev–Trinajstić information content (AvgIpc) is 3.15. The highest BCUT2D eigenvalue weighted by atomic mass is 35.5. The number of halogens is 1. The summed E-state index contributed by atoms with van der Waals surface area (Å²) in [6.45, 7) is 4.27. The van der Waals surface area contributed by atoms with Crippen LogP contribution in [0.1, 0.15) is 53.1 Å². The number of aliphatic hydroxyl groups excluding tert-OH is 1. The predicted molar refractivity (Wildman–Crippen MR) is 135 cm³/mol. The maximum Gasteiger partial charge on any atom is 0.348 e. The highest BCUT2D eigenvalue weighted by Crippen LogP contribution is 2.37. The average molecular weight is 489 g/mol. The van der Waals surface area contributed by atoms with Crippen molar-refractivity contribution in [2.45, 2.75) is 44.8 Å². The number of aliphatic hydroxyl groups is 1. The van der Waals surface area contributed by atoms with E-state index in [4.69, 9.17) is 22.3 Å². The number of piperidine rings is 1. The van der Waals surface area contributed by atoms with Crippen LogP contribution in [0.15, 0.2) is 30.3 Å². The van der Waals surface area contributed by atoms with Gasteiger partial charge in [-0.2, -0.15) is 0 Å². The number of carbonyl (C=O) groups is 1. The molecule has 2 aromatic heterocycles. The molecule has 176 valence electrons. The quantitative estimate of drug-likeness (QED) is 0.370. The first kappa shape index (κ1) is 23.8. The second kappa shape index (κ2) is 10.3. The molecule has 1 saturated heterocycles. The molecule has 1 aliphatic rings. The molecule has 1 aliphatic heterocycles. The Morgan fingerprint density at radius 3 is 2.67 bits per heavy atom. The Morgan fingerprint density at radius 1 is 1.33 bits per heavy atom. The van der Waals surface area contributed by atoms with Crippen LogP contribution in [0, 0.1) is 0 Å². The molecule has 0 amide bonds. The first-order valence-electron chi connectivity index (χ1n) is 11.2. The number of aromatic nitrogens is 1. The number of aromatic carboxylic acids is 1. The van der Waals surface area contributed by atoms with Gasteiger partial charge in [-0.25, -0.2) is 9.78 Å². The highest BCUT2D eigenvalue weighted by molar-refractivity contribution is 7.21. The number of hydrogen-bond donors (Lipinski definition) is 4. The van der Waals surface area contributed by atoms with E-state index in [0.717, 1.165) is 72.4 Å². The summed E-state index contributed by atoms with van der Waals surface area (Å²) in [6.07, 6.45) is 3.06. The zero-order chi connectivity index (χ0) is 23.5. The lowest BCUT2D eigenvalue weighted by Gasteiger charge is -2.34. The van der Waals surface area contributed by atoms with Crippen LogP contribution >= 0.6 is 22.9 Å². The third kappa shape index (κ3) is 5.24. The zero-order valence-electron chi connectivity index (χ0n) is 18.6. The fraction of sp³-hybridized carbons (Fsp3) is 0.417. The number of benzene rings is 1. The minimum Gasteiger partial charge on any atom is -0.477 e. The smallest absolute Gasteiger partial charge is 0.348 e. The summed E-state index contributed by atoms with van der Waals surface area (Å²) in [7, 11) is 0. The Balaban J connectivity index is 1.42. The molecule has 5 N–H and O–H groups in total. The van der Waals surface area contributed by atoms with Gasteiger partial charge in [0.2, 0.25) is 0 Å². The van der Waals surface area contributed by atoms with E-state index in [0.29, 0.717) is 28.1 Å². The molecule has 1 unspecified atom stereocenters. The molecule has 0 aliphatic carbocycles. The maximum absolute atomic E-state index is 11.6. The number of nitrogen functional groups attached to an aromatic ring is 1. The lowest BCUT2D eigenvalue weighted by molar-refractivity contribution is 0.0703. The molecule has 0 radical (unpaired) electrons. The standard InChI is InChI=1S/C24H29ClN4O3S/c1-2-3-15-12-19(28-23-20(15)21(26)22(33-23)24(31)32)29-10-8-17(9-11-29)27-13-18(30)14-4-6-16(25)7-5-14/h4-7,12,17-18,27,30H,2-3,8-11,13,26H2,1H3,(H,31,32). The van der Waals surface area contributed by atoms with Crippen LogP contribution in [-0.4, -0.2) is 46.8 Å². The van der Waals surface area contributed by atoms with Crippen LogP contribution in [0.2, 0.25) is 5.02 Å². The normalized spacial score (nSPS) is 15.8. The topological polar surface area (TPSA) is 112 Å². The number of aryl methyl sites for hydroxylation is 1. The Kier molecular flexibility index (Phi) is 7.38. The summed E-state index contributed by atoms with van der Waals surface area (Å²) < 4.78 is 0. The first-order chi connectivity index (χ1) is 15.9. The van der Waals surface area contributed by atoms with Crippen LogP contribution in [0.4, 0.5) is 11.5 Å². The summed E-state index contributed by atoms with van der Waals surface area (Å²) in [6, 6.07) is 9.66. The molecule has 9 heteroatoms. The number of nitrogens with two attached hydrogens (primary N) is 1. The minimum atomic E-state index is -1.01. The zero-order valence-corrected chi connectivity index (χ0v) is 20.1. The van der Waals surface area contributed by atoms with Gasteiger partial charge in [-0.3, -0.25) is 0 Å². The van der Waals surface area contributed by atoms with Crippen LogP contribution in [0.3, 0.4) is 0 Å². The van der Waals surface area contributed by atoms with E-state index in [9.17, 15) is 15.0 Å². The fourth-order valence-electron chi connectivity index (χ4n) is 4.37. The number of hydrogen-bond acceptors (Lipinski definition) is 7. The fourth-order valence-corrected chi connectivity index (χ4v) is 5.47. The monoisotopic (exact) mass is 488 g/mol. The van der Waals surface area contributed by atoms with Crippen molar-refractivity contribution in [3.05, 3.63) is 51.4 Å². The van der Waals surface area contributed by atoms with Gasteiger partial charge in [0.05, 0.1) is 11.8 Å². The molecule has 1 fully saturated rings. The molecule has 1 atom stereocenters. The van der Waals surface area contributed by atoms with E-state index in [1.165, 1.54) is 0 Å². The van der Waals surface area contributed by atoms with Gasteiger partial charge >= 0.3 is 5.97 Å². The van der Waals surface area contributed by atoms with Crippen LogP contribution in [-0.2, 0) is 6.42 Å². The van der Waals surface area contributed by atoms with Crippen molar-refractivity contribution in [3.8, 4) is 0 Å². The molecular formula is C24H29ClN4O3S. The number of anilines is 2. The van der Waals surface area contributed by atoms with Crippen molar-refractivity contribution in [2.75, 3.05) is 30.3 Å². The van der Waals surface area contributed by atoms with Crippen LogP contribution in [0.25, 0.3) is 10.2 Å². The summed E-state index contributed by atoms with van der Waals surface area (Å²) >= 11 is 7.07. The lowest BCUT2D eigenvalue weighted by Crippen LogP contribution is -2.44. The second-order valence-corrected chi connectivity index (χ2v) is 9.89. The van der Waals surface area contributed by atoms with Gasteiger partial charge in [0.1, 0.15) is 15.5 Å². The number of nitrogens with zero attached hydrogens (tertiary/aromatic N) is 2. The number of rotatable bonds is 8. The Bertz CT molecular complexity index is 1130. The van der Waals surface area contributed by atoms with Gasteiger partial charge in [0, 0.05) is 36.1 Å². The minimum absolute atomic E-state index is 0.161. The molecule has 1 aromatic carbocycles. The van der Waals surface area contributed by atoms with E-state index in [1.807, 2.05) is 12.1 Å². The Morgan fingerprint density at radius 2 is 2.03 bits per heavy atom. The molecule has 0 spiro atoms. The number of fused-ring (bicyclic) bond motifs is 1. The van der Waals surface area contributed by atoms with Crippen LogP contribution < -0.4 is 16.0 Å². The number of nitrogens with one attached hydrogen (secondary N) is 1. The molecule has 0 bridgehead atoms. The largest absolute Gasteiger partial charge is 0.477 e. The molecule has 33 heavy (non-hydrogen) atoms. The second-order valence-electron chi connectivity index (χ2n) is 8.46. The van der Waals surface area contributed by atoms with E-state index in [1.54, 1.807) is 12.1 Å². The molecule has 3 heterocycles. The van der Waals surface area contributed by atoms with Crippen molar-refractivity contribution >= 4 is 50.6 Å². The SMILES string of the molecule is CCCc1cc(N2CCC(NCC(O)c3ccc(Cl)cc3)CC2)nc2sc(C(=O)O)c(N)c12. The Hall–Kier alpha value is -2.39. The lowest BCUT2D eigenvalue weighted by atomic mass is 10.0. The summed E-state index contributed by atoms with van der Waals surface area (Å²) in [5.41, 5.74) is 8.40. The summed E-state index contributed by atoms with van der Waals surface area (Å²) in [5.74, 6) is -0.129. The van der Waals surface area contributed by atoms with Crippen molar-refractivity contribution in [1.29, 1.82) is 0 Å².